The van der Waals surface area contributed by atoms with E-state index in [-0.39, 0.29) is 0 Å². The summed E-state index contributed by atoms with van der Waals surface area (Å²) in [7, 11) is 0. The smallest absolute Gasteiger partial charge is 0.0701 e. The highest BCUT2D eigenvalue weighted by Gasteiger charge is 2.07. The molecule has 2 heterocycles. The molecule has 54 valence electrons. The van der Waals surface area contributed by atoms with Gasteiger partial charge in [0.1, 0.15) is 0 Å². The van der Waals surface area contributed by atoms with E-state index in [4.69, 9.17) is 4.74 Å². The first-order valence-corrected chi connectivity index (χ1v) is 3.59. The van der Waals surface area contributed by atoms with E-state index in [0.717, 1.165) is 19.8 Å². The lowest BCUT2D eigenvalue weighted by Crippen LogP contribution is -1.94. The van der Waals surface area contributed by atoms with Crippen molar-refractivity contribution in [1.82, 2.24) is 0 Å². The van der Waals surface area contributed by atoms with Gasteiger partial charge in [-0.3, -0.25) is 0 Å². The van der Waals surface area contributed by atoms with Gasteiger partial charge < -0.3 is 9.47 Å². The van der Waals surface area contributed by atoms with Crippen molar-refractivity contribution in [2.45, 2.75) is 25.9 Å². The Morgan fingerprint density at radius 1 is 1.22 bits per heavy atom. The van der Waals surface area contributed by atoms with Crippen LogP contribution in [0.1, 0.15) is 19.8 Å². The largest absolute Gasteiger partial charge is 0.379 e. The molecular formula is C7H14O2. The zero-order chi connectivity index (χ0) is 6.53. The molecule has 0 N–H and O–H groups in total. The maximum atomic E-state index is 5.15. The van der Waals surface area contributed by atoms with Crippen molar-refractivity contribution >= 4 is 0 Å². The third kappa shape index (κ3) is 4.43. The summed E-state index contributed by atoms with van der Waals surface area (Å²) in [5.41, 5.74) is 0. The summed E-state index contributed by atoms with van der Waals surface area (Å²) in [5.74, 6) is 0. The highest BCUT2D eigenvalue weighted by atomic mass is 16.6. The molecule has 0 bridgehead atoms. The van der Waals surface area contributed by atoms with E-state index >= 15 is 0 Å². The molecule has 0 aliphatic carbocycles. The lowest BCUT2D eigenvalue weighted by Gasteiger charge is -1.94. The maximum absolute atomic E-state index is 5.15. The van der Waals surface area contributed by atoms with Gasteiger partial charge >= 0.3 is 0 Å². The predicted octanol–water partition coefficient (Wildman–Crippen LogP) is 1.20. The minimum Gasteiger partial charge on any atom is -0.379 e. The Hall–Kier alpha value is -0.0800. The molecule has 0 saturated carbocycles. The van der Waals surface area contributed by atoms with E-state index in [2.05, 4.69) is 11.7 Å². The average molecular weight is 130 g/mol. The molecule has 2 rings (SSSR count). The van der Waals surface area contributed by atoms with E-state index in [0.29, 0.717) is 6.10 Å². The third-order valence-electron chi connectivity index (χ3n) is 1.36. The SMILES string of the molecule is C1CO1.CC1CCCO1. The fourth-order valence-electron chi connectivity index (χ4n) is 0.739. The van der Waals surface area contributed by atoms with Crippen LogP contribution in [0, 0.1) is 0 Å². The van der Waals surface area contributed by atoms with E-state index in [1.165, 1.54) is 12.8 Å². The first-order valence-electron chi connectivity index (χ1n) is 3.59. The van der Waals surface area contributed by atoms with Crippen molar-refractivity contribution in [1.29, 1.82) is 0 Å². The first-order chi connectivity index (χ1) is 4.39. The molecular weight excluding hydrogens is 116 g/mol. The number of ether oxygens (including phenoxy) is 2. The molecule has 0 aromatic rings. The zero-order valence-electron chi connectivity index (χ0n) is 5.93. The number of rotatable bonds is 0. The quantitative estimate of drug-likeness (QED) is 0.460. The molecule has 2 saturated heterocycles. The number of hydrogen-bond acceptors (Lipinski definition) is 2. The maximum Gasteiger partial charge on any atom is 0.0701 e. The normalized spacial score (nSPS) is 31.0. The van der Waals surface area contributed by atoms with Crippen LogP contribution in [-0.2, 0) is 9.47 Å². The summed E-state index contributed by atoms with van der Waals surface area (Å²) in [4.78, 5) is 0. The molecule has 0 aromatic heterocycles. The Labute approximate surface area is 56.2 Å². The second-order valence-electron chi connectivity index (χ2n) is 2.44. The van der Waals surface area contributed by atoms with Crippen LogP contribution < -0.4 is 0 Å². The van der Waals surface area contributed by atoms with Gasteiger partial charge in [0.05, 0.1) is 19.3 Å². The van der Waals surface area contributed by atoms with Gasteiger partial charge in [-0.05, 0) is 19.8 Å². The van der Waals surface area contributed by atoms with E-state index in [1.807, 2.05) is 0 Å². The summed E-state index contributed by atoms with van der Waals surface area (Å²) in [6.45, 7) is 5.11. The Morgan fingerprint density at radius 3 is 2.00 bits per heavy atom. The fraction of sp³-hybridized carbons (Fsp3) is 1.00. The summed E-state index contributed by atoms with van der Waals surface area (Å²) in [5, 5.41) is 0. The molecule has 0 amide bonds. The van der Waals surface area contributed by atoms with Crippen molar-refractivity contribution in [2.24, 2.45) is 0 Å². The summed E-state index contributed by atoms with van der Waals surface area (Å²) in [6.07, 6.45) is 3.08. The van der Waals surface area contributed by atoms with E-state index in [9.17, 15) is 0 Å². The molecule has 0 spiro atoms. The summed E-state index contributed by atoms with van der Waals surface area (Å²) >= 11 is 0. The fourth-order valence-corrected chi connectivity index (χ4v) is 0.739. The molecule has 9 heavy (non-hydrogen) atoms. The molecule has 2 aliphatic heterocycles. The Morgan fingerprint density at radius 2 is 1.89 bits per heavy atom. The van der Waals surface area contributed by atoms with Crippen molar-refractivity contribution in [2.75, 3.05) is 19.8 Å². The van der Waals surface area contributed by atoms with Gasteiger partial charge in [0, 0.05) is 6.61 Å². The van der Waals surface area contributed by atoms with E-state index < -0.39 is 0 Å². The molecule has 0 aromatic carbocycles. The molecule has 1 unspecified atom stereocenters. The topological polar surface area (TPSA) is 21.8 Å². The highest BCUT2D eigenvalue weighted by Crippen LogP contribution is 2.09. The van der Waals surface area contributed by atoms with Crippen LogP contribution in [0.4, 0.5) is 0 Å². The molecule has 2 nitrogen and oxygen atoms in total. The summed E-state index contributed by atoms with van der Waals surface area (Å²) < 4.78 is 9.65. The first kappa shape index (κ1) is 7.03. The minimum atomic E-state index is 0.546. The second kappa shape index (κ2) is 3.85. The molecule has 1 atom stereocenters. The van der Waals surface area contributed by atoms with E-state index in [1.54, 1.807) is 0 Å². The lowest BCUT2D eigenvalue weighted by atomic mass is 10.3. The Bertz CT molecular complexity index is 62.6. The van der Waals surface area contributed by atoms with Crippen LogP contribution in [0.25, 0.3) is 0 Å². The van der Waals surface area contributed by atoms with Crippen LogP contribution in [0.15, 0.2) is 0 Å². The van der Waals surface area contributed by atoms with Crippen molar-refractivity contribution < 1.29 is 9.47 Å². The zero-order valence-corrected chi connectivity index (χ0v) is 5.93. The highest BCUT2D eigenvalue weighted by molar-refractivity contribution is 4.56. The van der Waals surface area contributed by atoms with Gasteiger partial charge in [-0.15, -0.1) is 0 Å². The minimum absolute atomic E-state index is 0.546. The van der Waals surface area contributed by atoms with Crippen LogP contribution in [0.2, 0.25) is 0 Å². The lowest BCUT2D eigenvalue weighted by molar-refractivity contribution is 0.125. The molecule has 2 aliphatic rings. The van der Waals surface area contributed by atoms with Gasteiger partial charge in [0.25, 0.3) is 0 Å². The van der Waals surface area contributed by atoms with Crippen LogP contribution in [0.5, 0.6) is 0 Å². The molecule has 2 heteroatoms. The van der Waals surface area contributed by atoms with Gasteiger partial charge in [-0.2, -0.15) is 0 Å². The molecule has 2 fully saturated rings. The molecule has 0 radical (unpaired) electrons. The van der Waals surface area contributed by atoms with Crippen molar-refractivity contribution in [3.05, 3.63) is 0 Å². The standard InChI is InChI=1S/C5H10O.C2H4O/c1-5-3-2-4-6-5;1-2-3-1/h5H,2-4H2,1H3;1-2H2. The second-order valence-corrected chi connectivity index (χ2v) is 2.44. The Balaban J connectivity index is 0.000000112. The summed E-state index contributed by atoms with van der Waals surface area (Å²) in [6, 6.07) is 0. The number of epoxide rings is 1. The van der Waals surface area contributed by atoms with Crippen molar-refractivity contribution in [3.63, 3.8) is 0 Å². The van der Waals surface area contributed by atoms with Gasteiger partial charge in [0.2, 0.25) is 0 Å². The number of hydrogen-bond donors (Lipinski definition) is 0. The predicted molar refractivity (Wildman–Crippen MR) is 35.5 cm³/mol. The average Bonchev–Trinajstić information content (AvgIpc) is 2.64. The van der Waals surface area contributed by atoms with Gasteiger partial charge in [-0.25, -0.2) is 0 Å². The van der Waals surface area contributed by atoms with Crippen LogP contribution in [0.3, 0.4) is 0 Å². The van der Waals surface area contributed by atoms with Gasteiger partial charge in [-0.1, -0.05) is 0 Å². The Kier molecular flexibility index (Phi) is 3.01. The van der Waals surface area contributed by atoms with Crippen LogP contribution >= 0.6 is 0 Å². The third-order valence-corrected chi connectivity index (χ3v) is 1.36. The monoisotopic (exact) mass is 130 g/mol. The van der Waals surface area contributed by atoms with Gasteiger partial charge in [0.15, 0.2) is 0 Å². The van der Waals surface area contributed by atoms with Crippen molar-refractivity contribution in [3.8, 4) is 0 Å². The van der Waals surface area contributed by atoms with Crippen LogP contribution in [-0.4, -0.2) is 25.9 Å².